The van der Waals surface area contributed by atoms with Crippen LogP contribution in [0.2, 0.25) is 5.02 Å². The van der Waals surface area contributed by atoms with Crippen molar-refractivity contribution in [2.75, 3.05) is 52.6 Å². The van der Waals surface area contributed by atoms with Gasteiger partial charge in [-0.25, -0.2) is 0 Å². The minimum atomic E-state index is -0.347. The summed E-state index contributed by atoms with van der Waals surface area (Å²) in [6.45, 7) is 3.46. The lowest BCUT2D eigenvalue weighted by molar-refractivity contribution is -0.132. The van der Waals surface area contributed by atoms with E-state index in [4.69, 9.17) is 22.1 Å². The molecule has 10 heteroatoms. The first-order chi connectivity index (χ1) is 11.4. The Bertz CT molecular complexity index is 623. The number of piperazine rings is 1. The zero-order valence-electron chi connectivity index (χ0n) is 14.8. The maximum Gasteiger partial charge on any atom is 0.255 e. The summed E-state index contributed by atoms with van der Waals surface area (Å²) in [6, 6.07) is 2.97. The number of hydrogen-bond acceptors (Lipinski definition) is 5. The minimum Gasteiger partial charge on any atom is -0.496 e. The monoisotopic (exact) mass is 426 g/mol. The second-order valence-electron chi connectivity index (χ2n) is 5.76. The Labute approximate surface area is 171 Å². The number of likely N-dealkylation sites (N-methyl/N-ethyl adjacent to an activating group) is 1. The molecule has 1 saturated heterocycles. The van der Waals surface area contributed by atoms with Crippen molar-refractivity contribution >= 4 is 53.9 Å². The Morgan fingerprint density at radius 2 is 1.85 bits per heavy atom. The number of amides is 2. The van der Waals surface area contributed by atoms with Crippen molar-refractivity contribution in [2.24, 2.45) is 0 Å². The molecule has 0 bridgehead atoms. The molecule has 3 N–H and O–H groups in total. The number of nitrogens with two attached hydrogens (primary N) is 1. The Hall–Kier alpha value is -1.41. The number of halogens is 3. The van der Waals surface area contributed by atoms with Gasteiger partial charge in [0.15, 0.2) is 0 Å². The highest BCUT2D eigenvalue weighted by atomic mass is 35.5. The van der Waals surface area contributed by atoms with E-state index in [1.54, 1.807) is 0 Å². The molecule has 0 aliphatic carbocycles. The fraction of sp³-hybridized carbons (Fsp3) is 0.500. The normalized spacial score (nSPS) is 14.0. The van der Waals surface area contributed by atoms with Crippen molar-refractivity contribution in [1.82, 2.24) is 15.1 Å². The topological polar surface area (TPSA) is 87.9 Å². The molecular formula is C16H25Cl3N4O3. The van der Waals surface area contributed by atoms with Crippen LogP contribution in [-0.2, 0) is 4.79 Å². The van der Waals surface area contributed by atoms with Crippen molar-refractivity contribution in [3.05, 3.63) is 22.7 Å². The van der Waals surface area contributed by atoms with Gasteiger partial charge in [-0.15, -0.1) is 24.8 Å². The molecule has 1 fully saturated rings. The Kier molecular flexibility index (Phi) is 10.7. The largest absolute Gasteiger partial charge is 0.496 e. The number of anilines is 1. The minimum absolute atomic E-state index is 0. The summed E-state index contributed by atoms with van der Waals surface area (Å²) < 4.78 is 5.16. The van der Waals surface area contributed by atoms with Gasteiger partial charge in [0.05, 0.1) is 23.4 Å². The molecular weight excluding hydrogens is 403 g/mol. The summed E-state index contributed by atoms with van der Waals surface area (Å²) in [5.41, 5.74) is 6.34. The number of rotatable bonds is 5. The number of ether oxygens (including phenoxy) is 1. The molecule has 0 atom stereocenters. The number of carbonyl (C=O) groups excluding carboxylic acids is 2. The lowest BCUT2D eigenvalue weighted by atomic mass is 10.1. The van der Waals surface area contributed by atoms with Crippen molar-refractivity contribution < 1.29 is 14.3 Å². The third-order valence-corrected chi connectivity index (χ3v) is 4.37. The molecule has 2 rings (SSSR count). The van der Waals surface area contributed by atoms with Gasteiger partial charge in [-0.1, -0.05) is 11.6 Å². The first-order valence-corrected chi connectivity index (χ1v) is 8.17. The SMILES string of the molecule is COc1cc(N)c(Cl)cc1C(=O)NCCC(=O)N1CCN(C)CC1.Cl.Cl. The van der Waals surface area contributed by atoms with Gasteiger partial charge in [-0.3, -0.25) is 9.59 Å². The van der Waals surface area contributed by atoms with E-state index in [1.807, 2.05) is 11.9 Å². The average Bonchev–Trinajstić information content (AvgIpc) is 2.57. The van der Waals surface area contributed by atoms with Crippen LogP contribution < -0.4 is 15.8 Å². The third kappa shape index (κ3) is 6.39. The van der Waals surface area contributed by atoms with Gasteiger partial charge in [-0.05, 0) is 13.1 Å². The van der Waals surface area contributed by atoms with Gasteiger partial charge in [0.25, 0.3) is 5.91 Å². The van der Waals surface area contributed by atoms with Crippen LogP contribution in [0.1, 0.15) is 16.8 Å². The number of nitrogens with zero attached hydrogens (tertiary/aromatic N) is 2. The van der Waals surface area contributed by atoms with Crippen LogP contribution in [0.3, 0.4) is 0 Å². The fourth-order valence-corrected chi connectivity index (χ4v) is 2.67. The van der Waals surface area contributed by atoms with Crippen LogP contribution in [0.25, 0.3) is 0 Å². The van der Waals surface area contributed by atoms with Crippen molar-refractivity contribution in [3.8, 4) is 5.75 Å². The summed E-state index contributed by atoms with van der Waals surface area (Å²) in [5, 5.41) is 3.01. The van der Waals surface area contributed by atoms with Crippen LogP contribution >= 0.6 is 36.4 Å². The van der Waals surface area contributed by atoms with E-state index in [2.05, 4.69) is 10.2 Å². The van der Waals surface area contributed by atoms with E-state index >= 15 is 0 Å². The highest BCUT2D eigenvalue weighted by molar-refractivity contribution is 6.33. The van der Waals surface area contributed by atoms with Crippen LogP contribution in [-0.4, -0.2) is 68.5 Å². The molecule has 7 nitrogen and oxygen atoms in total. The van der Waals surface area contributed by atoms with Gasteiger partial charge in [-0.2, -0.15) is 0 Å². The molecule has 0 unspecified atom stereocenters. The summed E-state index contributed by atoms with van der Waals surface area (Å²) in [7, 11) is 3.49. The smallest absolute Gasteiger partial charge is 0.255 e. The van der Waals surface area contributed by atoms with Crippen LogP contribution in [0.15, 0.2) is 12.1 Å². The molecule has 0 aromatic heterocycles. The van der Waals surface area contributed by atoms with Gasteiger partial charge in [0, 0.05) is 45.2 Å². The van der Waals surface area contributed by atoms with Crippen molar-refractivity contribution in [3.63, 3.8) is 0 Å². The van der Waals surface area contributed by atoms with Gasteiger partial charge < -0.3 is 25.6 Å². The molecule has 148 valence electrons. The van der Waals surface area contributed by atoms with Gasteiger partial charge in [0.1, 0.15) is 5.75 Å². The van der Waals surface area contributed by atoms with E-state index in [0.29, 0.717) is 17.0 Å². The standard InChI is InChI=1S/C16H23ClN4O3.2ClH/c1-20-5-7-21(8-6-20)15(22)3-4-19-16(23)11-9-12(17)13(18)10-14(11)24-2;;/h9-10H,3-8,18H2,1-2H3,(H,19,23);2*1H. The molecule has 0 radical (unpaired) electrons. The van der Waals surface area contributed by atoms with Crippen molar-refractivity contribution in [1.29, 1.82) is 0 Å². The molecule has 2 amide bonds. The number of nitrogen functional groups attached to an aromatic ring is 1. The lowest BCUT2D eigenvalue weighted by Crippen LogP contribution is -2.47. The number of carbonyl (C=O) groups is 2. The molecule has 1 heterocycles. The van der Waals surface area contributed by atoms with E-state index in [-0.39, 0.29) is 54.6 Å². The Morgan fingerprint density at radius 1 is 1.23 bits per heavy atom. The molecule has 1 aromatic carbocycles. The highest BCUT2D eigenvalue weighted by Crippen LogP contribution is 2.28. The fourth-order valence-electron chi connectivity index (χ4n) is 2.51. The van der Waals surface area contributed by atoms with E-state index < -0.39 is 0 Å². The van der Waals surface area contributed by atoms with Gasteiger partial charge in [0.2, 0.25) is 5.91 Å². The number of nitrogens with one attached hydrogen (secondary N) is 1. The number of methoxy groups -OCH3 is 1. The predicted octanol–water partition coefficient (Wildman–Crippen LogP) is 1.67. The van der Waals surface area contributed by atoms with E-state index in [9.17, 15) is 9.59 Å². The molecule has 1 aliphatic heterocycles. The average molecular weight is 428 g/mol. The number of benzene rings is 1. The summed E-state index contributed by atoms with van der Waals surface area (Å²) in [6.07, 6.45) is 0.264. The summed E-state index contributed by atoms with van der Waals surface area (Å²) >= 11 is 5.96. The van der Waals surface area contributed by atoms with E-state index in [0.717, 1.165) is 26.2 Å². The molecule has 0 saturated carbocycles. The zero-order valence-corrected chi connectivity index (χ0v) is 17.2. The lowest BCUT2D eigenvalue weighted by Gasteiger charge is -2.32. The maximum atomic E-state index is 12.3. The van der Waals surface area contributed by atoms with Crippen LogP contribution in [0.5, 0.6) is 5.75 Å². The molecule has 1 aliphatic rings. The second kappa shape index (κ2) is 11.3. The van der Waals surface area contributed by atoms with Crippen molar-refractivity contribution in [2.45, 2.75) is 6.42 Å². The van der Waals surface area contributed by atoms with E-state index in [1.165, 1.54) is 19.2 Å². The third-order valence-electron chi connectivity index (χ3n) is 4.04. The number of hydrogen-bond donors (Lipinski definition) is 2. The Morgan fingerprint density at radius 3 is 2.42 bits per heavy atom. The molecule has 26 heavy (non-hydrogen) atoms. The maximum absolute atomic E-state index is 12.3. The second-order valence-corrected chi connectivity index (χ2v) is 6.17. The molecule has 0 spiro atoms. The Balaban J connectivity index is 0.00000312. The zero-order chi connectivity index (χ0) is 17.7. The first kappa shape index (κ1) is 24.6. The highest BCUT2D eigenvalue weighted by Gasteiger charge is 2.19. The molecule has 1 aromatic rings. The first-order valence-electron chi connectivity index (χ1n) is 7.80. The summed E-state index contributed by atoms with van der Waals surface area (Å²) in [4.78, 5) is 28.4. The summed E-state index contributed by atoms with van der Waals surface area (Å²) in [5.74, 6) is 0.0467. The van der Waals surface area contributed by atoms with Gasteiger partial charge >= 0.3 is 0 Å². The van der Waals surface area contributed by atoms with Crippen LogP contribution in [0, 0.1) is 0 Å². The van der Waals surface area contributed by atoms with Crippen LogP contribution in [0.4, 0.5) is 5.69 Å². The quantitative estimate of drug-likeness (QED) is 0.698. The predicted molar refractivity (Wildman–Crippen MR) is 108 cm³/mol.